The van der Waals surface area contributed by atoms with Gasteiger partial charge in [-0.25, -0.2) is 0 Å². The maximum absolute atomic E-state index is 11.9. The van der Waals surface area contributed by atoms with Crippen LogP contribution in [0, 0.1) is 0 Å². The minimum Gasteiger partial charge on any atom is -0.481 e. The normalized spacial score (nSPS) is 11.5. The van der Waals surface area contributed by atoms with E-state index < -0.39 is 12.8 Å². The predicted octanol–water partition coefficient (Wildman–Crippen LogP) is 3.63. The Bertz CT molecular complexity index is 346. The number of rotatable bonds is 2. The van der Waals surface area contributed by atoms with Gasteiger partial charge in [0.05, 0.1) is 10.2 Å². The predicted molar refractivity (Wildman–Crippen MR) is 55.1 cm³/mol. The maximum Gasteiger partial charge on any atom is 0.422 e. The van der Waals surface area contributed by atoms with Gasteiger partial charge in [-0.15, -0.1) is 0 Å². The van der Waals surface area contributed by atoms with E-state index in [1.54, 1.807) is 0 Å². The summed E-state index contributed by atoms with van der Waals surface area (Å²) >= 11 is 8.63. The van der Waals surface area contributed by atoms with Crippen LogP contribution in [0.1, 0.15) is 0 Å². The number of ether oxygens (including phenoxy) is 1. The van der Waals surface area contributed by atoms with Crippen LogP contribution in [0.3, 0.4) is 0 Å². The second-order valence-corrected chi connectivity index (χ2v) is 4.00. The SMILES string of the molecule is Nc1cc(Cl)cc(Br)c1OCC(F)(F)F. The second-order valence-electron chi connectivity index (χ2n) is 2.71. The first-order valence-corrected chi connectivity index (χ1v) is 4.91. The Hall–Kier alpha value is -0.620. The van der Waals surface area contributed by atoms with E-state index in [0.29, 0.717) is 5.02 Å². The summed E-state index contributed by atoms with van der Waals surface area (Å²) in [5.41, 5.74) is 5.50. The summed E-state index contributed by atoms with van der Waals surface area (Å²) < 4.78 is 40.5. The van der Waals surface area contributed by atoms with Crippen LogP contribution < -0.4 is 10.5 Å². The molecule has 0 radical (unpaired) electrons. The van der Waals surface area contributed by atoms with Crippen molar-refractivity contribution in [1.29, 1.82) is 0 Å². The van der Waals surface area contributed by atoms with Gasteiger partial charge in [0.25, 0.3) is 0 Å². The van der Waals surface area contributed by atoms with Gasteiger partial charge >= 0.3 is 6.18 Å². The highest BCUT2D eigenvalue weighted by atomic mass is 79.9. The highest BCUT2D eigenvalue weighted by Gasteiger charge is 2.29. The Kier molecular flexibility index (Phi) is 3.72. The molecule has 1 aromatic rings. The van der Waals surface area contributed by atoms with Gasteiger partial charge in [0, 0.05) is 5.02 Å². The quantitative estimate of drug-likeness (QED) is 0.847. The van der Waals surface area contributed by atoms with E-state index in [-0.39, 0.29) is 15.9 Å². The van der Waals surface area contributed by atoms with Crippen LogP contribution in [0.2, 0.25) is 5.02 Å². The molecular formula is C8H6BrClF3NO. The van der Waals surface area contributed by atoms with Crippen molar-refractivity contribution in [3.63, 3.8) is 0 Å². The topological polar surface area (TPSA) is 35.2 Å². The summed E-state index contributed by atoms with van der Waals surface area (Å²) in [5.74, 6) is -0.0586. The average molecular weight is 304 g/mol. The van der Waals surface area contributed by atoms with Gasteiger partial charge in [-0.05, 0) is 28.1 Å². The molecule has 0 saturated heterocycles. The molecule has 7 heteroatoms. The zero-order chi connectivity index (χ0) is 11.6. The summed E-state index contributed by atoms with van der Waals surface area (Å²) in [6.07, 6.45) is -4.40. The van der Waals surface area contributed by atoms with Crippen LogP contribution >= 0.6 is 27.5 Å². The fraction of sp³-hybridized carbons (Fsp3) is 0.250. The van der Waals surface area contributed by atoms with E-state index in [1.807, 2.05) is 0 Å². The molecule has 0 atom stereocenters. The summed E-state index contributed by atoms with van der Waals surface area (Å²) in [7, 11) is 0. The smallest absolute Gasteiger partial charge is 0.422 e. The molecule has 0 bridgehead atoms. The van der Waals surface area contributed by atoms with E-state index >= 15 is 0 Å². The molecule has 0 aliphatic heterocycles. The van der Waals surface area contributed by atoms with Crippen LogP contribution in [0.5, 0.6) is 5.75 Å². The lowest BCUT2D eigenvalue weighted by molar-refractivity contribution is -0.153. The molecule has 84 valence electrons. The largest absolute Gasteiger partial charge is 0.481 e. The van der Waals surface area contributed by atoms with Crippen molar-refractivity contribution in [1.82, 2.24) is 0 Å². The van der Waals surface area contributed by atoms with E-state index in [2.05, 4.69) is 20.7 Å². The summed E-state index contributed by atoms with van der Waals surface area (Å²) in [5, 5.41) is 0.318. The molecule has 0 fully saturated rings. The standard InChI is InChI=1S/C8H6BrClF3NO/c9-5-1-4(10)2-6(14)7(5)15-3-8(11,12)13/h1-2H,3,14H2. The molecule has 0 aromatic heterocycles. The van der Waals surface area contributed by atoms with E-state index in [0.717, 1.165) is 0 Å². The highest BCUT2D eigenvalue weighted by molar-refractivity contribution is 9.10. The highest BCUT2D eigenvalue weighted by Crippen LogP contribution is 2.35. The van der Waals surface area contributed by atoms with E-state index in [9.17, 15) is 13.2 Å². The third-order valence-electron chi connectivity index (χ3n) is 1.42. The molecule has 15 heavy (non-hydrogen) atoms. The lowest BCUT2D eigenvalue weighted by Crippen LogP contribution is -2.19. The van der Waals surface area contributed by atoms with E-state index in [4.69, 9.17) is 17.3 Å². The monoisotopic (exact) mass is 303 g/mol. The minimum atomic E-state index is -4.40. The van der Waals surface area contributed by atoms with Crippen molar-refractivity contribution in [2.75, 3.05) is 12.3 Å². The van der Waals surface area contributed by atoms with Crippen LogP contribution in [0.15, 0.2) is 16.6 Å². The molecule has 0 heterocycles. The lowest BCUT2D eigenvalue weighted by Gasteiger charge is -2.12. The summed E-state index contributed by atoms with van der Waals surface area (Å²) in [6.45, 7) is -1.39. The van der Waals surface area contributed by atoms with Gasteiger partial charge in [0.15, 0.2) is 12.4 Å². The van der Waals surface area contributed by atoms with E-state index in [1.165, 1.54) is 12.1 Å². The first-order valence-electron chi connectivity index (χ1n) is 3.73. The summed E-state index contributed by atoms with van der Waals surface area (Å²) in [6, 6.07) is 2.72. The molecule has 0 saturated carbocycles. The maximum atomic E-state index is 11.9. The molecule has 0 amide bonds. The Morgan fingerprint density at radius 1 is 1.40 bits per heavy atom. The van der Waals surface area contributed by atoms with Gasteiger partial charge < -0.3 is 10.5 Å². The molecule has 0 spiro atoms. The zero-order valence-corrected chi connectivity index (χ0v) is 9.58. The van der Waals surface area contributed by atoms with Crippen molar-refractivity contribution in [3.05, 3.63) is 21.6 Å². The Balaban J connectivity index is 2.86. The van der Waals surface area contributed by atoms with Gasteiger partial charge in [-0.1, -0.05) is 11.6 Å². The van der Waals surface area contributed by atoms with Crippen molar-refractivity contribution >= 4 is 33.2 Å². The Labute approximate surface area is 97.3 Å². The molecule has 2 N–H and O–H groups in total. The van der Waals surface area contributed by atoms with Gasteiger partial charge in [-0.3, -0.25) is 0 Å². The Morgan fingerprint density at radius 3 is 2.47 bits per heavy atom. The fourth-order valence-electron chi connectivity index (χ4n) is 0.887. The third kappa shape index (κ3) is 3.79. The molecule has 0 aliphatic carbocycles. The molecule has 1 rings (SSSR count). The number of nitrogens with two attached hydrogens (primary N) is 1. The van der Waals surface area contributed by atoms with Gasteiger partial charge in [0.1, 0.15) is 0 Å². The van der Waals surface area contributed by atoms with Gasteiger partial charge in [0.2, 0.25) is 0 Å². The Morgan fingerprint density at radius 2 is 2.00 bits per heavy atom. The molecule has 2 nitrogen and oxygen atoms in total. The number of benzene rings is 1. The third-order valence-corrected chi connectivity index (χ3v) is 2.22. The minimum absolute atomic E-state index is 0.0543. The first-order chi connectivity index (χ1) is 6.79. The van der Waals surface area contributed by atoms with Crippen molar-refractivity contribution in [2.24, 2.45) is 0 Å². The van der Waals surface area contributed by atoms with Crippen molar-refractivity contribution in [2.45, 2.75) is 6.18 Å². The fourth-order valence-corrected chi connectivity index (χ4v) is 1.83. The summed E-state index contributed by atoms with van der Waals surface area (Å²) in [4.78, 5) is 0. The number of halogens is 5. The van der Waals surface area contributed by atoms with Crippen LogP contribution in [0.25, 0.3) is 0 Å². The zero-order valence-electron chi connectivity index (χ0n) is 7.24. The van der Waals surface area contributed by atoms with Crippen LogP contribution in [-0.2, 0) is 0 Å². The molecule has 0 aliphatic rings. The van der Waals surface area contributed by atoms with Crippen LogP contribution in [0.4, 0.5) is 18.9 Å². The number of anilines is 1. The lowest BCUT2D eigenvalue weighted by atomic mass is 10.3. The van der Waals surface area contributed by atoms with Crippen LogP contribution in [-0.4, -0.2) is 12.8 Å². The average Bonchev–Trinajstić information content (AvgIpc) is 1.99. The van der Waals surface area contributed by atoms with Crippen molar-refractivity contribution in [3.8, 4) is 5.75 Å². The van der Waals surface area contributed by atoms with Crippen molar-refractivity contribution < 1.29 is 17.9 Å². The van der Waals surface area contributed by atoms with Gasteiger partial charge in [-0.2, -0.15) is 13.2 Å². The first kappa shape index (κ1) is 12.4. The molecule has 1 aromatic carbocycles. The second kappa shape index (κ2) is 4.49. The number of hydrogen-bond donors (Lipinski definition) is 1. The number of nitrogen functional groups attached to an aromatic ring is 1. The molecule has 0 unspecified atom stereocenters. The number of hydrogen-bond acceptors (Lipinski definition) is 2. The number of alkyl halides is 3. The molecular weight excluding hydrogens is 298 g/mol.